The molecule has 1 rings (SSSR count). The van der Waals surface area contributed by atoms with Gasteiger partial charge in [-0.1, -0.05) is 5.16 Å². The summed E-state index contributed by atoms with van der Waals surface area (Å²) in [5.41, 5.74) is -0.473. The van der Waals surface area contributed by atoms with Gasteiger partial charge in [0.05, 0.1) is 12.3 Å². The lowest BCUT2D eigenvalue weighted by molar-refractivity contribution is -0.115. The second-order valence-electron chi connectivity index (χ2n) is 2.79. The Bertz CT molecular complexity index is 493. The van der Waals surface area contributed by atoms with E-state index in [9.17, 15) is 4.79 Å². The van der Waals surface area contributed by atoms with Crippen molar-refractivity contribution in [1.29, 1.82) is 10.5 Å². The molecule has 17 heavy (non-hydrogen) atoms. The summed E-state index contributed by atoms with van der Waals surface area (Å²) in [6, 6.07) is 5.52. The normalized spacial score (nSPS) is 12.1. The van der Waals surface area contributed by atoms with Crippen LogP contribution in [0.15, 0.2) is 28.0 Å². The maximum absolute atomic E-state index is 11.5. The molecule has 86 valence electrons. The molecule has 0 aromatic carbocycles. The van der Waals surface area contributed by atoms with E-state index in [-0.39, 0.29) is 5.76 Å². The van der Waals surface area contributed by atoms with Crippen molar-refractivity contribution in [2.75, 3.05) is 7.11 Å². The third-order valence-corrected chi connectivity index (χ3v) is 1.74. The number of hydrogen-bond acceptors (Lipinski definition) is 6. The number of carbonyl (C=O) groups excluding carboxylic acids is 1. The number of furan rings is 1. The minimum absolute atomic E-state index is 0.274. The zero-order chi connectivity index (χ0) is 12.7. The predicted molar refractivity (Wildman–Crippen MR) is 55.3 cm³/mol. The van der Waals surface area contributed by atoms with Gasteiger partial charge in [0, 0.05) is 0 Å². The molecule has 0 saturated carbocycles. The number of oxime groups is 1. The highest BCUT2D eigenvalue weighted by molar-refractivity contribution is 6.45. The molecule has 0 aliphatic heterocycles. The molecular weight excluding hydrogens is 224 g/mol. The third-order valence-electron chi connectivity index (χ3n) is 1.74. The van der Waals surface area contributed by atoms with Crippen LogP contribution in [0.3, 0.4) is 0 Å². The van der Waals surface area contributed by atoms with Crippen LogP contribution in [0.4, 0.5) is 0 Å². The van der Waals surface area contributed by atoms with Crippen molar-refractivity contribution in [2.45, 2.75) is 6.04 Å². The molecule has 1 N–H and O–H groups in total. The summed E-state index contributed by atoms with van der Waals surface area (Å²) in [6.07, 6.45) is 1.38. The van der Waals surface area contributed by atoms with Gasteiger partial charge in [-0.25, -0.2) is 0 Å². The number of carbonyl (C=O) groups is 1. The first kappa shape index (κ1) is 12.3. The van der Waals surface area contributed by atoms with Crippen LogP contribution < -0.4 is 5.32 Å². The van der Waals surface area contributed by atoms with Crippen LogP contribution in [-0.4, -0.2) is 18.7 Å². The topological polar surface area (TPSA) is 111 Å². The van der Waals surface area contributed by atoms with Gasteiger partial charge in [0.25, 0.3) is 5.91 Å². The summed E-state index contributed by atoms with van der Waals surface area (Å²) in [7, 11) is 1.21. The second kappa shape index (κ2) is 5.93. The van der Waals surface area contributed by atoms with Crippen LogP contribution >= 0.6 is 0 Å². The van der Waals surface area contributed by atoms with Gasteiger partial charge in [0.15, 0.2) is 6.04 Å². The highest BCUT2D eigenvalue weighted by Crippen LogP contribution is 2.11. The summed E-state index contributed by atoms with van der Waals surface area (Å²) < 4.78 is 4.97. The first-order valence-electron chi connectivity index (χ1n) is 4.48. The molecule has 0 aliphatic carbocycles. The van der Waals surface area contributed by atoms with E-state index in [0.29, 0.717) is 0 Å². The average molecular weight is 232 g/mol. The molecule has 1 aromatic heterocycles. The third kappa shape index (κ3) is 3.08. The number of nitriles is 2. The molecule has 0 aliphatic rings. The minimum Gasteiger partial charge on any atom is -0.466 e. The summed E-state index contributed by atoms with van der Waals surface area (Å²) in [6.45, 7) is 0. The molecule has 1 amide bonds. The highest BCUT2D eigenvalue weighted by atomic mass is 16.6. The largest absolute Gasteiger partial charge is 0.466 e. The Morgan fingerprint density at radius 3 is 2.88 bits per heavy atom. The van der Waals surface area contributed by atoms with E-state index in [2.05, 4.69) is 15.3 Å². The van der Waals surface area contributed by atoms with Gasteiger partial charge < -0.3 is 14.6 Å². The van der Waals surface area contributed by atoms with Crippen molar-refractivity contribution in [3.8, 4) is 12.1 Å². The number of amides is 1. The molecule has 0 radical (unpaired) electrons. The highest BCUT2D eigenvalue weighted by Gasteiger charge is 2.20. The summed E-state index contributed by atoms with van der Waals surface area (Å²) >= 11 is 0. The van der Waals surface area contributed by atoms with Crippen LogP contribution in [-0.2, 0) is 9.63 Å². The van der Waals surface area contributed by atoms with Gasteiger partial charge in [-0.3, -0.25) is 4.79 Å². The van der Waals surface area contributed by atoms with Crippen molar-refractivity contribution in [3.63, 3.8) is 0 Å². The first-order valence-corrected chi connectivity index (χ1v) is 4.48. The molecule has 0 spiro atoms. The summed E-state index contributed by atoms with van der Waals surface area (Å²) in [4.78, 5) is 15.8. The number of hydrogen-bond donors (Lipinski definition) is 1. The van der Waals surface area contributed by atoms with E-state index in [1.165, 1.54) is 19.4 Å². The number of rotatable bonds is 4. The second-order valence-corrected chi connectivity index (χ2v) is 2.79. The molecule has 7 heteroatoms. The Morgan fingerprint density at radius 1 is 1.65 bits per heavy atom. The molecular formula is C10H8N4O3. The molecule has 1 aromatic rings. The monoisotopic (exact) mass is 232 g/mol. The van der Waals surface area contributed by atoms with Crippen molar-refractivity contribution in [2.24, 2.45) is 5.16 Å². The summed E-state index contributed by atoms with van der Waals surface area (Å²) in [5, 5.41) is 23.0. The lowest BCUT2D eigenvalue weighted by atomic mass is 10.2. The van der Waals surface area contributed by atoms with E-state index in [1.54, 1.807) is 12.1 Å². The van der Waals surface area contributed by atoms with Crippen LogP contribution in [0.5, 0.6) is 0 Å². The molecule has 1 atom stereocenters. The maximum Gasteiger partial charge on any atom is 0.285 e. The molecule has 7 nitrogen and oxygen atoms in total. The molecule has 0 saturated heterocycles. The van der Waals surface area contributed by atoms with Crippen molar-refractivity contribution in [1.82, 2.24) is 5.32 Å². The van der Waals surface area contributed by atoms with E-state index in [4.69, 9.17) is 14.9 Å². The van der Waals surface area contributed by atoms with Crippen LogP contribution in [0.2, 0.25) is 0 Å². The van der Waals surface area contributed by atoms with Gasteiger partial charge >= 0.3 is 0 Å². The SMILES string of the molecule is CO/N=C(/C#N)C(=O)NC(C#N)c1ccco1. The lowest BCUT2D eigenvalue weighted by Gasteiger charge is -2.07. The zero-order valence-corrected chi connectivity index (χ0v) is 8.88. The first-order chi connectivity index (χ1) is 8.22. The van der Waals surface area contributed by atoms with E-state index in [0.717, 1.165) is 0 Å². The predicted octanol–water partition coefficient (Wildman–Crippen LogP) is 0.486. The fraction of sp³-hybridized carbons (Fsp3) is 0.200. The fourth-order valence-electron chi connectivity index (χ4n) is 1.03. The van der Waals surface area contributed by atoms with Crippen molar-refractivity contribution in [3.05, 3.63) is 24.2 Å². The summed E-state index contributed by atoms with van der Waals surface area (Å²) in [5.74, 6) is -0.534. The molecule has 1 heterocycles. The quantitative estimate of drug-likeness (QED) is 0.599. The fourth-order valence-corrected chi connectivity index (χ4v) is 1.03. The maximum atomic E-state index is 11.5. The smallest absolute Gasteiger partial charge is 0.285 e. The Hall–Kier alpha value is -2.80. The van der Waals surface area contributed by atoms with E-state index in [1.807, 2.05) is 6.07 Å². The zero-order valence-electron chi connectivity index (χ0n) is 8.88. The average Bonchev–Trinajstić information content (AvgIpc) is 2.86. The number of nitrogens with one attached hydrogen (secondary N) is 1. The minimum atomic E-state index is -0.979. The van der Waals surface area contributed by atoms with Gasteiger partial charge in [-0.05, 0) is 12.1 Å². The van der Waals surface area contributed by atoms with Crippen LogP contribution in [0.1, 0.15) is 11.8 Å². The van der Waals surface area contributed by atoms with Gasteiger partial charge in [-0.2, -0.15) is 10.5 Å². The Labute approximate surface area is 96.9 Å². The molecule has 0 fully saturated rings. The van der Waals surface area contributed by atoms with Gasteiger partial charge in [0.2, 0.25) is 5.71 Å². The van der Waals surface area contributed by atoms with Gasteiger partial charge in [-0.15, -0.1) is 0 Å². The standard InChI is InChI=1S/C10H8N4O3/c1-16-14-8(6-12)10(15)13-7(5-11)9-3-2-4-17-9/h2-4,7H,1H3,(H,13,15)/b14-8-. The Balaban J connectivity index is 2.78. The van der Waals surface area contributed by atoms with Crippen LogP contribution in [0.25, 0.3) is 0 Å². The van der Waals surface area contributed by atoms with Crippen molar-refractivity contribution >= 4 is 11.6 Å². The molecule has 0 bridgehead atoms. The van der Waals surface area contributed by atoms with Gasteiger partial charge in [0.1, 0.15) is 18.9 Å². The number of nitrogens with zero attached hydrogens (tertiary/aromatic N) is 3. The molecule has 1 unspecified atom stereocenters. The lowest BCUT2D eigenvalue weighted by Crippen LogP contribution is -2.33. The Morgan fingerprint density at radius 2 is 2.41 bits per heavy atom. The van der Waals surface area contributed by atoms with Crippen molar-refractivity contribution < 1.29 is 14.0 Å². The van der Waals surface area contributed by atoms with Crippen LogP contribution in [0, 0.1) is 22.7 Å². The Kier molecular flexibility index (Phi) is 4.28. The van der Waals surface area contributed by atoms with E-state index >= 15 is 0 Å². The van der Waals surface area contributed by atoms with E-state index < -0.39 is 17.7 Å².